The topological polar surface area (TPSA) is 244 Å². The predicted octanol–water partition coefficient (Wildman–Crippen LogP) is -1.97. The smallest absolute Gasteiger partial charge is 0.228 e. The van der Waals surface area contributed by atoms with Gasteiger partial charge in [0.25, 0.3) is 0 Å². The molecule has 15 heteroatoms. The van der Waals surface area contributed by atoms with Crippen LogP contribution in [0.25, 0.3) is 0 Å². The Morgan fingerprint density at radius 1 is 1.17 bits per heavy atom. The van der Waals surface area contributed by atoms with E-state index in [0.29, 0.717) is 0 Å². The normalized spacial score (nSPS) is 36.5. The molecule has 2 aliphatic rings. The van der Waals surface area contributed by atoms with E-state index in [1.807, 2.05) is 19.9 Å². The monoisotopic (exact) mass is 611 g/mol. The SMILES string of the molecule is CC(C)/C=C/[C@@H](C[C@@H]1O[C@](O)(C[C@@H](O)C(C)C)C[C@H](O)[C@H]1C(=O)NCCS(N)(=O)=O)OC1OC(C)C(O)C(N)C1O. The molecule has 0 saturated carbocycles. The first-order valence-electron chi connectivity index (χ1n) is 14.0. The Bertz CT molecular complexity index is 982. The van der Waals surface area contributed by atoms with Gasteiger partial charge in [-0.05, 0) is 18.8 Å². The molecule has 1 amide bonds. The largest absolute Gasteiger partial charge is 0.393 e. The number of hydrogen-bond acceptors (Lipinski definition) is 12. The van der Waals surface area contributed by atoms with E-state index in [0.717, 1.165) is 0 Å². The minimum atomic E-state index is -3.86. The average Bonchev–Trinajstić information content (AvgIpc) is 2.82. The lowest BCUT2D eigenvalue weighted by Crippen LogP contribution is -2.62. The van der Waals surface area contributed by atoms with Gasteiger partial charge in [-0.25, -0.2) is 13.6 Å². The lowest BCUT2D eigenvalue weighted by atomic mass is 9.81. The van der Waals surface area contributed by atoms with Crippen molar-refractivity contribution < 1.29 is 53.0 Å². The maximum Gasteiger partial charge on any atom is 0.228 e. The zero-order valence-electron chi connectivity index (χ0n) is 24.4. The van der Waals surface area contributed by atoms with Crippen molar-refractivity contribution in [1.82, 2.24) is 5.32 Å². The fourth-order valence-electron chi connectivity index (χ4n) is 4.88. The molecular weight excluding hydrogens is 562 g/mol. The average molecular weight is 612 g/mol. The molecule has 41 heavy (non-hydrogen) atoms. The molecule has 14 nitrogen and oxygen atoms in total. The van der Waals surface area contributed by atoms with Gasteiger partial charge in [0.1, 0.15) is 6.10 Å². The number of primary sulfonamides is 1. The third-order valence-corrected chi connectivity index (χ3v) is 8.15. The molecule has 0 aromatic rings. The quantitative estimate of drug-likeness (QED) is 0.106. The minimum absolute atomic E-state index is 0.0783. The van der Waals surface area contributed by atoms with Crippen LogP contribution in [0.5, 0.6) is 0 Å². The van der Waals surface area contributed by atoms with Gasteiger partial charge < -0.3 is 50.8 Å². The number of hydrogen-bond donors (Lipinski definition) is 8. The molecular formula is C26H49N3O11S. The van der Waals surface area contributed by atoms with Crippen LogP contribution in [-0.4, -0.2) is 113 Å². The van der Waals surface area contributed by atoms with Crippen LogP contribution >= 0.6 is 0 Å². The summed E-state index contributed by atoms with van der Waals surface area (Å²) in [5.41, 5.74) is 5.95. The van der Waals surface area contributed by atoms with E-state index in [4.69, 9.17) is 25.1 Å². The highest BCUT2D eigenvalue weighted by Gasteiger charge is 2.50. The molecule has 0 spiro atoms. The molecule has 11 atom stereocenters. The third kappa shape index (κ3) is 10.8. The molecule has 5 unspecified atom stereocenters. The molecule has 2 saturated heterocycles. The lowest BCUT2D eigenvalue weighted by molar-refractivity contribution is -0.307. The molecule has 2 rings (SSSR count). The van der Waals surface area contributed by atoms with Crippen LogP contribution in [0, 0.1) is 17.8 Å². The lowest BCUT2D eigenvalue weighted by Gasteiger charge is -2.46. The zero-order valence-corrected chi connectivity index (χ0v) is 25.2. The van der Waals surface area contributed by atoms with Crippen LogP contribution in [-0.2, 0) is 29.0 Å². The summed E-state index contributed by atoms with van der Waals surface area (Å²) in [4.78, 5) is 13.2. The molecule has 0 aromatic heterocycles. The first-order chi connectivity index (χ1) is 18.8. The molecule has 0 aromatic carbocycles. The number of carbonyl (C=O) groups excluding carboxylic acids is 1. The predicted molar refractivity (Wildman–Crippen MR) is 148 cm³/mol. The van der Waals surface area contributed by atoms with E-state index in [2.05, 4.69) is 5.32 Å². The molecule has 240 valence electrons. The van der Waals surface area contributed by atoms with Gasteiger partial charge in [-0.1, -0.05) is 39.8 Å². The minimum Gasteiger partial charge on any atom is -0.393 e. The van der Waals surface area contributed by atoms with Crippen molar-refractivity contribution in [3.8, 4) is 0 Å². The number of amides is 1. The summed E-state index contributed by atoms with van der Waals surface area (Å²) in [6.07, 6.45) is -6.24. The highest BCUT2D eigenvalue weighted by atomic mass is 32.2. The van der Waals surface area contributed by atoms with Gasteiger partial charge in [-0.2, -0.15) is 0 Å². The highest BCUT2D eigenvalue weighted by Crippen LogP contribution is 2.38. The maximum absolute atomic E-state index is 13.2. The number of nitrogens with two attached hydrogens (primary N) is 2. The van der Waals surface area contributed by atoms with Crippen molar-refractivity contribution >= 4 is 15.9 Å². The Morgan fingerprint density at radius 2 is 1.80 bits per heavy atom. The number of ether oxygens (including phenoxy) is 3. The second-order valence-corrected chi connectivity index (χ2v) is 13.6. The summed E-state index contributed by atoms with van der Waals surface area (Å²) >= 11 is 0. The summed E-state index contributed by atoms with van der Waals surface area (Å²) < 4.78 is 40.4. The molecule has 10 N–H and O–H groups in total. The molecule has 0 aliphatic carbocycles. The van der Waals surface area contributed by atoms with E-state index in [1.54, 1.807) is 26.8 Å². The fraction of sp³-hybridized carbons (Fsp3) is 0.885. The van der Waals surface area contributed by atoms with E-state index in [9.17, 15) is 38.7 Å². The number of rotatable bonds is 13. The number of aliphatic hydroxyl groups is 5. The summed E-state index contributed by atoms with van der Waals surface area (Å²) in [7, 11) is -3.86. The van der Waals surface area contributed by atoms with Gasteiger partial charge in [0.2, 0.25) is 15.9 Å². The zero-order chi connectivity index (χ0) is 31.3. The Labute approximate surface area is 242 Å². The number of sulfonamides is 1. The summed E-state index contributed by atoms with van der Waals surface area (Å²) in [6.45, 7) is 8.62. The van der Waals surface area contributed by atoms with Crippen LogP contribution in [0.2, 0.25) is 0 Å². The first-order valence-corrected chi connectivity index (χ1v) is 15.7. The van der Waals surface area contributed by atoms with E-state index in [-0.39, 0.29) is 37.6 Å². The van der Waals surface area contributed by atoms with Gasteiger partial charge in [-0.15, -0.1) is 0 Å². The Kier molecular flexibility index (Phi) is 13.1. The fourth-order valence-corrected chi connectivity index (χ4v) is 5.27. The van der Waals surface area contributed by atoms with Gasteiger partial charge in [-0.3, -0.25) is 4.79 Å². The standard InChI is InChI=1S/C26H49N3O11S/c1-13(2)6-7-16(39-25-23(33)21(27)22(32)15(5)38-25)10-19-20(24(34)29-8-9-41(28,36)37)18(31)12-26(35,40-19)11-17(30)14(3)4/h6-7,13-23,25,30-33,35H,8-12,27H2,1-5H3,(H,29,34)(H2,28,36,37)/b7-6+/t15?,16-,17+,18-,19-,20+,21?,22?,23?,25?,26+/m0/s1. The van der Waals surface area contributed by atoms with E-state index < -0.39 is 88.4 Å². The molecule has 0 radical (unpaired) electrons. The molecule has 2 heterocycles. The van der Waals surface area contributed by atoms with E-state index >= 15 is 0 Å². The number of aliphatic hydroxyl groups excluding tert-OH is 4. The number of allylic oxidation sites excluding steroid dienone is 1. The van der Waals surface area contributed by atoms with Crippen molar-refractivity contribution in [3.05, 3.63) is 12.2 Å². The summed E-state index contributed by atoms with van der Waals surface area (Å²) in [5, 5.41) is 61.0. The third-order valence-electron chi connectivity index (χ3n) is 7.38. The number of nitrogens with one attached hydrogen (secondary N) is 1. The van der Waals surface area contributed by atoms with Gasteiger partial charge in [0, 0.05) is 25.8 Å². The van der Waals surface area contributed by atoms with Gasteiger partial charge >= 0.3 is 0 Å². The molecule has 2 aliphatic heterocycles. The highest BCUT2D eigenvalue weighted by molar-refractivity contribution is 7.89. The molecule has 0 bridgehead atoms. The van der Waals surface area contributed by atoms with E-state index in [1.165, 1.54) is 0 Å². The van der Waals surface area contributed by atoms with Gasteiger partial charge in [0.05, 0.1) is 54.3 Å². The van der Waals surface area contributed by atoms with Crippen molar-refractivity contribution in [2.75, 3.05) is 12.3 Å². The van der Waals surface area contributed by atoms with Crippen LogP contribution < -0.4 is 16.2 Å². The van der Waals surface area contributed by atoms with Crippen molar-refractivity contribution in [2.24, 2.45) is 28.6 Å². The van der Waals surface area contributed by atoms with Crippen LogP contribution in [0.1, 0.15) is 53.9 Å². The molecule has 2 fully saturated rings. The van der Waals surface area contributed by atoms with Crippen molar-refractivity contribution in [1.29, 1.82) is 0 Å². The Morgan fingerprint density at radius 3 is 2.37 bits per heavy atom. The second-order valence-electron chi connectivity index (χ2n) is 11.9. The van der Waals surface area contributed by atoms with Crippen molar-refractivity contribution in [2.45, 2.75) is 115 Å². The summed E-state index contributed by atoms with van der Waals surface area (Å²) in [6, 6.07) is -1.05. The van der Waals surface area contributed by atoms with Crippen LogP contribution in [0.3, 0.4) is 0 Å². The Hall–Kier alpha value is -1.24. The van der Waals surface area contributed by atoms with Crippen molar-refractivity contribution in [3.63, 3.8) is 0 Å². The maximum atomic E-state index is 13.2. The van der Waals surface area contributed by atoms with Crippen LogP contribution in [0.15, 0.2) is 12.2 Å². The second kappa shape index (κ2) is 15.0. The van der Waals surface area contributed by atoms with Gasteiger partial charge in [0.15, 0.2) is 12.1 Å². The number of carbonyl (C=O) groups is 1. The summed E-state index contributed by atoms with van der Waals surface area (Å²) in [5.74, 6) is -4.65. The first kappa shape index (κ1) is 36.0. The van der Waals surface area contributed by atoms with Crippen LogP contribution in [0.4, 0.5) is 0 Å². The Balaban J connectivity index is 2.37.